The minimum Gasteiger partial charge on any atom is -0.465 e. The normalized spacial score (nSPS) is 10.7. The number of carbonyl (C=O) groups excluding carboxylic acids is 1. The van der Waals surface area contributed by atoms with Gasteiger partial charge in [-0.3, -0.25) is 4.98 Å². The average Bonchev–Trinajstić information content (AvgIpc) is 3.22. The third-order valence-corrected chi connectivity index (χ3v) is 5.43. The lowest BCUT2D eigenvalue weighted by Crippen LogP contribution is -2.01. The van der Waals surface area contributed by atoms with Crippen molar-refractivity contribution in [1.29, 1.82) is 0 Å². The first-order valence-electron chi connectivity index (χ1n) is 6.97. The summed E-state index contributed by atoms with van der Waals surface area (Å²) in [5, 5.41) is 0.934. The number of aromatic nitrogens is 3. The third-order valence-electron chi connectivity index (χ3n) is 3.13. The van der Waals surface area contributed by atoms with Crippen LogP contribution in [0.2, 0.25) is 0 Å². The Morgan fingerprint density at radius 3 is 2.96 bits per heavy atom. The van der Waals surface area contributed by atoms with Gasteiger partial charge < -0.3 is 9.30 Å². The fraction of sp³-hybridized carbons (Fsp3) is 0.188. The first kappa shape index (κ1) is 15.8. The van der Waals surface area contributed by atoms with E-state index < -0.39 is 0 Å². The smallest absolute Gasteiger partial charge is 0.348 e. The maximum absolute atomic E-state index is 11.5. The van der Waals surface area contributed by atoms with E-state index in [-0.39, 0.29) is 5.97 Å². The monoisotopic (exact) mass is 345 g/mol. The van der Waals surface area contributed by atoms with Gasteiger partial charge in [-0.15, -0.1) is 11.3 Å². The molecule has 0 aromatic carbocycles. The van der Waals surface area contributed by atoms with Crippen molar-refractivity contribution < 1.29 is 9.53 Å². The largest absolute Gasteiger partial charge is 0.465 e. The van der Waals surface area contributed by atoms with Crippen molar-refractivity contribution in [2.75, 3.05) is 7.11 Å². The Labute approximate surface area is 142 Å². The number of hydrogen-bond donors (Lipinski definition) is 0. The summed E-state index contributed by atoms with van der Waals surface area (Å²) in [5.41, 5.74) is 0.997. The molecule has 3 rings (SSSR count). The quantitative estimate of drug-likeness (QED) is 0.506. The fourth-order valence-electron chi connectivity index (χ4n) is 2.02. The molecule has 7 heteroatoms. The maximum Gasteiger partial charge on any atom is 0.348 e. The molecule has 0 aliphatic heterocycles. The first-order chi connectivity index (χ1) is 11.3. The van der Waals surface area contributed by atoms with Crippen molar-refractivity contribution in [1.82, 2.24) is 14.5 Å². The van der Waals surface area contributed by atoms with Gasteiger partial charge in [0, 0.05) is 29.2 Å². The van der Waals surface area contributed by atoms with Crippen LogP contribution in [-0.2, 0) is 17.0 Å². The van der Waals surface area contributed by atoms with Gasteiger partial charge in [-0.25, -0.2) is 9.78 Å². The molecule has 3 aromatic rings. The van der Waals surface area contributed by atoms with Gasteiger partial charge in [0.25, 0.3) is 0 Å². The molecule has 0 N–H and O–H groups in total. The molecule has 0 saturated carbocycles. The van der Waals surface area contributed by atoms with Crippen LogP contribution < -0.4 is 0 Å². The number of thioether (sulfide) groups is 1. The molecule has 0 spiro atoms. The van der Waals surface area contributed by atoms with Gasteiger partial charge in [0.15, 0.2) is 5.16 Å². The second-order valence-corrected chi connectivity index (χ2v) is 6.82. The summed E-state index contributed by atoms with van der Waals surface area (Å²) in [6.07, 6.45) is 5.53. The Morgan fingerprint density at radius 2 is 2.17 bits per heavy atom. The van der Waals surface area contributed by atoms with Crippen molar-refractivity contribution in [2.24, 2.45) is 0 Å². The molecule has 3 heterocycles. The molecule has 0 unspecified atom stereocenters. The van der Waals surface area contributed by atoms with E-state index in [1.807, 2.05) is 30.5 Å². The lowest BCUT2D eigenvalue weighted by molar-refractivity contribution is 0.0606. The Kier molecular flexibility index (Phi) is 5.09. The van der Waals surface area contributed by atoms with Crippen LogP contribution in [0.3, 0.4) is 0 Å². The molecule has 0 bridgehead atoms. The Bertz CT molecular complexity index is 783. The van der Waals surface area contributed by atoms with Gasteiger partial charge in [-0.1, -0.05) is 17.8 Å². The molecule has 5 nitrogen and oxygen atoms in total. The Hall–Kier alpha value is -2.12. The molecule has 23 heavy (non-hydrogen) atoms. The van der Waals surface area contributed by atoms with E-state index >= 15 is 0 Å². The molecule has 118 valence electrons. The van der Waals surface area contributed by atoms with Crippen molar-refractivity contribution in [3.63, 3.8) is 0 Å². The zero-order valence-electron chi connectivity index (χ0n) is 12.5. The lowest BCUT2D eigenvalue weighted by atomic mass is 10.3. The van der Waals surface area contributed by atoms with Gasteiger partial charge in [0.2, 0.25) is 0 Å². The van der Waals surface area contributed by atoms with E-state index in [1.165, 1.54) is 18.4 Å². The number of pyridine rings is 1. The zero-order valence-corrected chi connectivity index (χ0v) is 14.1. The molecular formula is C16H15N3O2S2. The average molecular weight is 345 g/mol. The second-order valence-electron chi connectivity index (χ2n) is 4.71. The number of esters is 1. The minimum atomic E-state index is -0.289. The second kappa shape index (κ2) is 7.43. The molecule has 0 fully saturated rings. The molecule has 0 saturated heterocycles. The number of imidazole rings is 1. The topological polar surface area (TPSA) is 57.0 Å². The zero-order chi connectivity index (χ0) is 16.1. The lowest BCUT2D eigenvalue weighted by Gasteiger charge is -2.06. The van der Waals surface area contributed by atoms with Crippen LogP contribution >= 0.6 is 23.1 Å². The number of carbonyl (C=O) groups is 1. The van der Waals surface area contributed by atoms with Crippen LogP contribution in [0.1, 0.15) is 20.2 Å². The van der Waals surface area contributed by atoms with Crippen LogP contribution in [-0.4, -0.2) is 27.6 Å². The van der Waals surface area contributed by atoms with Crippen molar-refractivity contribution >= 4 is 29.1 Å². The summed E-state index contributed by atoms with van der Waals surface area (Å²) in [5.74, 6) is 0.476. The van der Waals surface area contributed by atoms with E-state index in [9.17, 15) is 4.79 Å². The van der Waals surface area contributed by atoms with Gasteiger partial charge >= 0.3 is 5.97 Å². The predicted octanol–water partition coefficient (Wildman–Crippen LogP) is 3.47. The SMILES string of the molecule is COC(=O)c1ccc(CSc2nccn2Cc2ccccn2)s1. The highest BCUT2D eigenvalue weighted by molar-refractivity contribution is 7.98. The van der Waals surface area contributed by atoms with Crippen molar-refractivity contribution in [3.8, 4) is 0 Å². The van der Waals surface area contributed by atoms with Crippen LogP contribution in [0.4, 0.5) is 0 Å². The van der Waals surface area contributed by atoms with Crippen LogP contribution in [0.5, 0.6) is 0 Å². The van der Waals surface area contributed by atoms with Crippen LogP contribution in [0.25, 0.3) is 0 Å². The van der Waals surface area contributed by atoms with E-state index in [0.29, 0.717) is 11.4 Å². The fourth-order valence-corrected chi connectivity index (χ4v) is 3.95. The summed E-state index contributed by atoms with van der Waals surface area (Å²) in [7, 11) is 1.39. The van der Waals surface area contributed by atoms with E-state index in [4.69, 9.17) is 4.74 Å². The standard InChI is InChI=1S/C16H15N3O2S2/c1-21-15(20)14-6-5-13(23-14)11-22-16-18-8-9-19(16)10-12-4-2-3-7-17-12/h2-9H,10-11H2,1H3. The number of ether oxygens (including phenoxy) is 1. The molecule has 0 aliphatic rings. The molecule has 0 aliphatic carbocycles. The highest BCUT2D eigenvalue weighted by atomic mass is 32.2. The molecule has 0 amide bonds. The molecule has 3 aromatic heterocycles. The van der Waals surface area contributed by atoms with Crippen molar-refractivity contribution in [2.45, 2.75) is 17.5 Å². The summed E-state index contributed by atoms with van der Waals surface area (Å²) >= 11 is 3.09. The molecular weight excluding hydrogens is 330 g/mol. The van der Waals surface area contributed by atoms with E-state index in [1.54, 1.807) is 30.2 Å². The number of rotatable bonds is 6. The van der Waals surface area contributed by atoms with E-state index in [2.05, 4.69) is 14.5 Å². The third kappa shape index (κ3) is 4.00. The van der Waals surface area contributed by atoms with Gasteiger partial charge in [-0.2, -0.15) is 0 Å². The van der Waals surface area contributed by atoms with Crippen LogP contribution in [0.15, 0.2) is 54.1 Å². The Balaban J connectivity index is 1.64. The number of methoxy groups -OCH3 is 1. The number of hydrogen-bond acceptors (Lipinski definition) is 6. The maximum atomic E-state index is 11.5. The number of thiophene rings is 1. The summed E-state index contributed by atoms with van der Waals surface area (Å²) < 4.78 is 6.80. The van der Waals surface area contributed by atoms with Crippen LogP contribution in [0, 0.1) is 0 Å². The predicted molar refractivity (Wildman–Crippen MR) is 90.8 cm³/mol. The highest BCUT2D eigenvalue weighted by Crippen LogP contribution is 2.26. The Morgan fingerprint density at radius 1 is 1.26 bits per heavy atom. The number of nitrogens with zero attached hydrogens (tertiary/aromatic N) is 3. The van der Waals surface area contributed by atoms with Crippen molar-refractivity contribution in [3.05, 3.63) is 64.4 Å². The molecule has 0 radical (unpaired) electrons. The van der Waals surface area contributed by atoms with Gasteiger partial charge in [-0.05, 0) is 24.3 Å². The minimum absolute atomic E-state index is 0.289. The summed E-state index contributed by atoms with van der Waals surface area (Å²) in [4.78, 5) is 21.9. The molecule has 0 atom stereocenters. The summed E-state index contributed by atoms with van der Waals surface area (Å²) in [6.45, 7) is 0.695. The highest BCUT2D eigenvalue weighted by Gasteiger charge is 2.11. The van der Waals surface area contributed by atoms with E-state index in [0.717, 1.165) is 21.5 Å². The van der Waals surface area contributed by atoms with Gasteiger partial charge in [0.1, 0.15) is 4.88 Å². The van der Waals surface area contributed by atoms with Gasteiger partial charge in [0.05, 0.1) is 19.3 Å². The summed E-state index contributed by atoms with van der Waals surface area (Å²) in [6, 6.07) is 9.63. The first-order valence-corrected chi connectivity index (χ1v) is 8.77.